The van der Waals surface area contributed by atoms with Gasteiger partial charge in [-0.05, 0) is 42.0 Å². The average Bonchev–Trinajstić information content (AvgIpc) is 3.13. The molecule has 3 aromatic carbocycles. The van der Waals surface area contributed by atoms with E-state index in [-0.39, 0.29) is 23.3 Å². The number of carbonyl (C=O) groups is 3. The van der Waals surface area contributed by atoms with Crippen molar-refractivity contribution in [2.45, 2.75) is 12.5 Å². The Hall–Kier alpha value is -4.66. The van der Waals surface area contributed by atoms with Crippen LogP contribution in [0, 0.1) is 5.82 Å². The summed E-state index contributed by atoms with van der Waals surface area (Å²) in [5.74, 6) is -3.73. The van der Waals surface area contributed by atoms with E-state index in [1.54, 1.807) is 24.3 Å². The molecule has 0 aromatic heterocycles. The number of benzene rings is 3. The maximum Gasteiger partial charge on any atom is 0.307 e. The Bertz CT molecular complexity index is 1380. The number of aliphatic hydroxyl groups is 1. The van der Waals surface area contributed by atoms with Crippen LogP contribution in [0.4, 0.5) is 10.1 Å². The Morgan fingerprint density at radius 1 is 0.944 bits per heavy atom. The number of anilines is 1. The van der Waals surface area contributed by atoms with Gasteiger partial charge in [-0.15, -0.1) is 0 Å². The normalized spacial score (nSPS) is 16.8. The molecule has 1 aliphatic rings. The van der Waals surface area contributed by atoms with Crippen LogP contribution < -0.4 is 14.4 Å². The zero-order valence-corrected chi connectivity index (χ0v) is 19.4. The van der Waals surface area contributed by atoms with Gasteiger partial charge in [0, 0.05) is 11.3 Å². The van der Waals surface area contributed by atoms with Gasteiger partial charge in [-0.2, -0.15) is 0 Å². The van der Waals surface area contributed by atoms with Crippen LogP contribution in [0.2, 0.25) is 0 Å². The second kappa shape index (κ2) is 9.91. The molecule has 9 heteroatoms. The zero-order valence-electron chi connectivity index (χ0n) is 19.4. The highest BCUT2D eigenvalue weighted by Gasteiger charge is 2.48. The fourth-order valence-electron chi connectivity index (χ4n) is 4.24. The molecule has 8 nitrogen and oxygen atoms in total. The molecule has 0 bridgehead atoms. The topological polar surface area (TPSA) is 113 Å². The number of hydrogen-bond acceptors (Lipinski definition) is 6. The number of ketones is 1. The van der Waals surface area contributed by atoms with Gasteiger partial charge in [-0.25, -0.2) is 4.39 Å². The number of methoxy groups -OCH3 is 2. The van der Waals surface area contributed by atoms with Gasteiger partial charge in [0.25, 0.3) is 11.7 Å². The van der Waals surface area contributed by atoms with Crippen LogP contribution >= 0.6 is 0 Å². The van der Waals surface area contributed by atoms with Crippen molar-refractivity contribution in [1.82, 2.24) is 0 Å². The number of aliphatic carboxylic acids is 1. The number of ether oxygens (including phenoxy) is 2. The molecule has 0 aliphatic carbocycles. The third-order valence-corrected chi connectivity index (χ3v) is 5.86. The molecule has 1 saturated heterocycles. The molecule has 1 unspecified atom stereocenters. The highest BCUT2D eigenvalue weighted by molar-refractivity contribution is 6.51. The van der Waals surface area contributed by atoms with E-state index in [0.29, 0.717) is 22.6 Å². The third-order valence-electron chi connectivity index (χ3n) is 5.86. The predicted octanol–water partition coefficient (Wildman–Crippen LogP) is 4.10. The van der Waals surface area contributed by atoms with Crippen molar-refractivity contribution in [2.75, 3.05) is 19.1 Å². The lowest BCUT2D eigenvalue weighted by atomic mass is 9.94. The number of hydrogen-bond donors (Lipinski definition) is 2. The van der Waals surface area contributed by atoms with Crippen molar-refractivity contribution < 1.29 is 38.5 Å². The Labute approximate surface area is 205 Å². The van der Waals surface area contributed by atoms with Gasteiger partial charge in [0.05, 0.1) is 37.8 Å². The second-order valence-corrected chi connectivity index (χ2v) is 7.99. The first kappa shape index (κ1) is 24.5. The summed E-state index contributed by atoms with van der Waals surface area (Å²) in [5.41, 5.74) is 0.842. The lowest BCUT2D eigenvalue weighted by Crippen LogP contribution is -2.29. The fourth-order valence-corrected chi connectivity index (χ4v) is 4.24. The molecular weight excluding hydrogens is 469 g/mol. The van der Waals surface area contributed by atoms with E-state index in [4.69, 9.17) is 14.6 Å². The van der Waals surface area contributed by atoms with Crippen molar-refractivity contribution in [1.29, 1.82) is 0 Å². The van der Waals surface area contributed by atoms with Crippen molar-refractivity contribution in [3.05, 3.63) is 94.8 Å². The highest BCUT2D eigenvalue weighted by Crippen LogP contribution is 2.45. The van der Waals surface area contributed by atoms with E-state index in [1.807, 2.05) is 0 Å². The summed E-state index contributed by atoms with van der Waals surface area (Å²) < 4.78 is 24.8. The number of rotatable bonds is 7. The van der Waals surface area contributed by atoms with E-state index in [2.05, 4.69) is 0 Å². The summed E-state index contributed by atoms with van der Waals surface area (Å²) in [7, 11) is 2.76. The Morgan fingerprint density at radius 3 is 2.25 bits per heavy atom. The quantitative estimate of drug-likeness (QED) is 0.291. The number of Topliss-reactive ketones (excluding diaryl/α,β-unsaturated/α-hetero) is 1. The minimum Gasteiger partial charge on any atom is -0.507 e. The molecule has 0 saturated carbocycles. The van der Waals surface area contributed by atoms with Gasteiger partial charge in [0.15, 0.2) is 0 Å². The lowest BCUT2D eigenvalue weighted by Gasteiger charge is -2.27. The molecular formula is C27H22FNO7. The molecule has 0 radical (unpaired) electrons. The molecule has 184 valence electrons. The summed E-state index contributed by atoms with van der Waals surface area (Å²) in [4.78, 5) is 38.9. The molecule has 1 aliphatic heterocycles. The molecule has 3 aromatic rings. The van der Waals surface area contributed by atoms with Gasteiger partial charge >= 0.3 is 5.97 Å². The van der Waals surface area contributed by atoms with Crippen LogP contribution in [0.5, 0.6) is 11.5 Å². The number of amides is 1. The number of carboxylic acid groups (broad SMARTS) is 1. The summed E-state index contributed by atoms with van der Waals surface area (Å²) in [5, 5.41) is 20.3. The first-order valence-electron chi connectivity index (χ1n) is 10.8. The number of nitrogens with zero attached hydrogens (tertiary/aromatic N) is 1. The van der Waals surface area contributed by atoms with Crippen LogP contribution in [-0.4, -0.2) is 42.1 Å². The first-order chi connectivity index (χ1) is 17.3. The molecule has 2 N–H and O–H groups in total. The molecule has 1 atom stereocenters. The van der Waals surface area contributed by atoms with Gasteiger partial charge < -0.3 is 19.7 Å². The van der Waals surface area contributed by atoms with E-state index in [9.17, 15) is 23.9 Å². The van der Waals surface area contributed by atoms with Crippen LogP contribution in [-0.2, 0) is 20.8 Å². The minimum absolute atomic E-state index is 0.0906. The largest absolute Gasteiger partial charge is 0.507 e. The van der Waals surface area contributed by atoms with Crippen LogP contribution in [0.15, 0.2) is 72.3 Å². The number of carboxylic acids is 1. The van der Waals surface area contributed by atoms with E-state index in [0.717, 1.165) is 12.1 Å². The average molecular weight is 491 g/mol. The molecule has 1 amide bonds. The van der Waals surface area contributed by atoms with Gasteiger partial charge in [0.1, 0.15) is 23.1 Å². The zero-order chi connectivity index (χ0) is 26.0. The van der Waals surface area contributed by atoms with Crippen molar-refractivity contribution in [2.24, 2.45) is 0 Å². The maximum atomic E-state index is 14.1. The highest BCUT2D eigenvalue weighted by atomic mass is 19.1. The maximum absolute atomic E-state index is 14.1. The third kappa shape index (κ3) is 4.38. The monoisotopic (exact) mass is 491 g/mol. The molecule has 4 rings (SSSR count). The smallest absolute Gasteiger partial charge is 0.307 e. The summed E-state index contributed by atoms with van der Waals surface area (Å²) >= 11 is 0. The van der Waals surface area contributed by atoms with Gasteiger partial charge in [-0.1, -0.05) is 30.3 Å². The predicted molar refractivity (Wildman–Crippen MR) is 129 cm³/mol. The summed E-state index contributed by atoms with van der Waals surface area (Å²) in [6.07, 6.45) is -0.214. The van der Waals surface area contributed by atoms with Crippen molar-refractivity contribution >= 4 is 29.1 Å². The van der Waals surface area contributed by atoms with Crippen molar-refractivity contribution in [3.63, 3.8) is 0 Å². The molecule has 1 fully saturated rings. The number of para-hydroxylation sites is 1. The van der Waals surface area contributed by atoms with Crippen LogP contribution in [0.3, 0.4) is 0 Å². The van der Waals surface area contributed by atoms with Gasteiger partial charge in [0.2, 0.25) is 0 Å². The van der Waals surface area contributed by atoms with Gasteiger partial charge in [-0.3, -0.25) is 19.3 Å². The minimum atomic E-state index is -1.13. The summed E-state index contributed by atoms with van der Waals surface area (Å²) in [6, 6.07) is 15.2. The number of aliphatic hydroxyl groups excluding tert-OH is 1. The first-order valence-corrected chi connectivity index (χ1v) is 10.8. The Morgan fingerprint density at radius 2 is 1.61 bits per heavy atom. The van der Waals surface area contributed by atoms with E-state index < -0.39 is 35.3 Å². The summed E-state index contributed by atoms with van der Waals surface area (Å²) in [6.45, 7) is 0. The Kier molecular flexibility index (Phi) is 6.73. The SMILES string of the molecule is COc1ccc(F)cc1/C(O)=C1\C(=O)C(=O)N(c2ccc(CC(=O)O)cc2)C1c1ccccc1OC. The molecule has 0 spiro atoms. The van der Waals surface area contributed by atoms with E-state index in [1.165, 1.54) is 49.5 Å². The second-order valence-electron chi connectivity index (χ2n) is 7.99. The number of carbonyl (C=O) groups excluding carboxylic acids is 2. The Balaban J connectivity index is 1.96. The van der Waals surface area contributed by atoms with E-state index >= 15 is 0 Å². The van der Waals surface area contributed by atoms with Crippen molar-refractivity contribution in [3.8, 4) is 11.5 Å². The number of halogens is 1. The van der Waals surface area contributed by atoms with Crippen LogP contribution in [0.1, 0.15) is 22.7 Å². The fraction of sp³-hybridized carbons (Fsp3) is 0.148. The lowest BCUT2D eigenvalue weighted by molar-refractivity contribution is -0.136. The van der Waals surface area contributed by atoms with Crippen LogP contribution in [0.25, 0.3) is 5.76 Å². The molecule has 1 heterocycles. The molecule has 36 heavy (non-hydrogen) atoms. The standard InChI is InChI=1S/C27H22FNO7/c1-35-20-6-4-3-5-18(20)24-23(25(32)19-14-16(28)9-12-21(19)36-2)26(33)27(34)29(24)17-10-7-15(8-11-17)13-22(30)31/h3-12,14,24,32H,13H2,1-2H3,(H,30,31)/b25-23+.